The van der Waals surface area contributed by atoms with Crippen molar-refractivity contribution in [3.05, 3.63) is 40.4 Å². The van der Waals surface area contributed by atoms with Crippen LogP contribution in [-0.4, -0.2) is 45.6 Å². The minimum Gasteiger partial charge on any atom is -0.378 e. The van der Waals surface area contributed by atoms with Gasteiger partial charge in [0.15, 0.2) is 5.13 Å². The lowest BCUT2D eigenvalue weighted by Crippen LogP contribution is -2.41. The maximum Gasteiger partial charge on any atom is 0.285 e. The Morgan fingerprint density at radius 1 is 1.28 bits per heavy atom. The van der Waals surface area contributed by atoms with Crippen molar-refractivity contribution >= 4 is 44.0 Å². The summed E-state index contributed by atoms with van der Waals surface area (Å²) in [5, 5.41) is 2.33. The number of benzene rings is 1. The van der Waals surface area contributed by atoms with Crippen molar-refractivity contribution in [2.75, 3.05) is 31.2 Å². The fraction of sp³-hybridized carbons (Fsp3) is 0.286. The summed E-state index contributed by atoms with van der Waals surface area (Å²) in [7, 11) is -3.97. The van der Waals surface area contributed by atoms with E-state index in [1.165, 1.54) is 29.5 Å². The highest BCUT2D eigenvalue weighted by Gasteiger charge is 2.21. The quantitative estimate of drug-likeness (QED) is 0.730. The molecule has 0 spiro atoms. The van der Waals surface area contributed by atoms with Gasteiger partial charge in [-0.2, -0.15) is 0 Å². The monoisotopic (exact) mass is 402 g/mol. The third-order valence-corrected chi connectivity index (χ3v) is 6.08. The number of rotatable bonds is 5. The van der Waals surface area contributed by atoms with Gasteiger partial charge in [0.25, 0.3) is 15.9 Å². The Labute approximate surface area is 153 Å². The third-order valence-electron chi connectivity index (χ3n) is 3.43. The molecule has 1 saturated heterocycles. The molecule has 0 atom stereocenters. The van der Waals surface area contributed by atoms with E-state index >= 15 is 0 Å². The molecule has 134 valence electrons. The highest BCUT2D eigenvalue weighted by molar-refractivity contribution is 7.89. The molecule has 2 N–H and O–H groups in total. The number of carbonyl (C=O) groups is 1. The number of aromatic nitrogens is 1. The summed E-state index contributed by atoms with van der Waals surface area (Å²) < 4.78 is 29.7. The fourth-order valence-electron chi connectivity index (χ4n) is 2.16. The van der Waals surface area contributed by atoms with Gasteiger partial charge in [0.1, 0.15) is 10.6 Å². The molecule has 2 aromatic rings. The molecule has 0 saturated carbocycles. The first-order valence-corrected chi connectivity index (χ1v) is 10.1. The van der Waals surface area contributed by atoms with Crippen molar-refractivity contribution < 1.29 is 17.9 Å². The van der Waals surface area contributed by atoms with Crippen molar-refractivity contribution in [2.45, 2.75) is 4.90 Å². The number of morpholine rings is 1. The molecular formula is C14H15ClN4O4S2. The lowest BCUT2D eigenvalue weighted by atomic mass is 10.4. The standard InChI is InChI=1S/C14H15ClN4O4S2/c15-10-3-1-2-4-12(10)25(21,22)18-17-13(20)11-9-24-14(16-11)19-5-7-23-8-6-19/h1-4,9,18H,5-8H2,(H,17,20). The summed E-state index contributed by atoms with van der Waals surface area (Å²) in [5.74, 6) is -0.647. The smallest absolute Gasteiger partial charge is 0.285 e. The molecule has 1 amide bonds. The van der Waals surface area contributed by atoms with E-state index in [1.807, 2.05) is 9.73 Å². The number of hydrogen-bond acceptors (Lipinski definition) is 7. The highest BCUT2D eigenvalue weighted by Crippen LogP contribution is 2.22. The van der Waals surface area contributed by atoms with Gasteiger partial charge in [0.05, 0.1) is 18.2 Å². The Balaban J connectivity index is 1.65. The topological polar surface area (TPSA) is 101 Å². The second kappa shape index (κ2) is 7.67. The Kier molecular flexibility index (Phi) is 5.54. The zero-order valence-corrected chi connectivity index (χ0v) is 15.3. The van der Waals surface area contributed by atoms with Crippen molar-refractivity contribution in [1.82, 2.24) is 15.2 Å². The van der Waals surface area contributed by atoms with Crippen LogP contribution < -0.4 is 15.2 Å². The van der Waals surface area contributed by atoms with Crippen LogP contribution in [-0.2, 0) is 14.8 Å². The first-order chi connectivity index (χ1) is 12.0. The number of hydrogen-bond donors (Lipinski definition) is 2. The van der Waals surface area contributed by atoms with Crippen molar-refractivity contribution in [2.24, 2.45) is 0 Å². The predicted octanol–water partition coefficient (Wildman–Crippen LogP) is 1.26. The van der Waals surface area contributed by atoms with Crippen LogP contribution in [0, 0.1) is 0 Å². The van der Waals surface area contributed by atoms with E-state index in [4.69, 9.17) is 16.3 Å². The molecule has 1 aromatic carbocycles. The molecule has 8 nitrogen and oxygen atoms in total. The summed E-state index contributed by atoms with van der Waals surface area (Å²) in [5.41, 5.74) is 2.28. The van der Waals surface area contributed by atoms with E-state index in [0.717, 1.165) is 0 Å². The fourth-order valence-corrected chi connectivity index (χ4v) is 4.38. The van der Waals surface area contributed by atoms with Crippen LogP contribution in [0.4, 0.5) is 5.13 Å². The highest BCUT2D eigenvalue weighted by atomic mass is 35.5. The normalized spacial score (nSPS) is 15.2. The molecule has 0 bridgehead atoms. The first kappa shape index (κ1) is 18.1. The molecule has 0 unspecified atom stereocenters. The van der Waals surface area contributed by atoms with E-state index < -0.39 is 15.9 Å². The van der Waals surface area contributed by atoms with Crippen molar-refractivity contribution in [1.29, 1.82) is 0 Å². The number of sulfonamides is 1. The molecule has 0 radical (unpaired) electrons. The Bertz CT molecular complexity index is 865. The molecule has 1 fully saturated rings. The molecule has 11 heteroatoms. The third kappa shape index (κ3) is 4.28. The minimum atomic E-state index is -3.97. The Hall–Kier alpha value is -1.72. The van der Waals surface area contributed by atoms with Crippen LogP contribution in [0.1, 0.15) is 10.5 Å². The van der Waals surface area contributed by atoms with E-state index in [2.05, 4.69) is 10.4 Å². The number of anilines is 1. The van der Waals surface area contributed by atoms with E-state index in [-0.39, 0.29) is 15.6 Å². The van der Waals surface area contributed by atoms with Gasteiger partial charge in [-0.25, -0.2) is 13.4 Å². The van der Waals surface area contributed by atoms with Crippen molar-refractivity contribution in [3.63, 3.8) is 0 Å². The van der Waals surface area contributed by atoms with E-state index in [0.29, 0.717) is 31.4 Å². The van der Waals surface area contributed by atoms with Gasteiger partial charge in [-0.05, 0) is 12.1 Å². The number of carbonyl (C=O) groups excluding carboxylic acids is 1. The zero-order chi connectivity index (χ0) is 17.9. The van der Waals surface area contributed by atoms with E-state index in [1.54, 1.807) is 11.4 Å². The van der Waals surface area contributed by atoms with Crippen LogP contribution in [0.2, 0.25) is 5.02 Å². The second-order valence-corrected chi connectivity index (χ2v) is 8.00. The Morgan fingerprint density at radius 3 is 2.72 bits per heavy atom. The molecule has 2 heterocycles. The number of thiazole rings is 1. The molecule has 3 rings (SSSR count). The number of hydrazine groups is 1. The van der Waals surface area contributed by atoms with Crippen LogP contribution in [0.5, 0.6) is 0 Å². The largest absolute Gasteiger partial charge is 0.378 e. The number of amides is 1. The van der Waals surface area contributed by atoms with Gasteiger partial charge in [-0.1, -0.05) is 23.7 Å². The maximum absolute atomic E-state index is 12.2. The average Bonchev–Trinajstić information content (AvgIpc) is 3.11. The minimum absolute atomic E-state index is 0.0625. The van der Waals surface area contributed by atoms with Gasteiger partial charge in [0.2, 0.25) is 0 Å². The second-order valence-electron chi connectivity index (χ2n) is 5.10. The van der Waals surface area contributed by atoms with Crippen LogP contribution in [0.25, 0.3) is 0 Å². The SMILES string of the molecule is O=C(NNS(=O)(=O)c1ccccc1Cl)c1csc(N2CCOCC2)n1. The molecular weight excluding hydrogens is 388 g/mol. The van der Waals surface area contributed by atoms with Gasteiger partial charge in [0, 0.05) is 18.5 Å². The van der Waals surface area contributed by atoms with Crippen molar-refractivity contribution in [3.8, 4) is 0 Å². The van der Waals surface area contributed by atoms with Gasteiger partial charge in [-0.15, -0.1) is 16.2 Å². The number of halogens is 1. The van der Waals surface area contributed by atoms with Gasteiger partial charge in [-0.3, -0.25) is 10.2 Å². The van der Waals surface area contributed by atoms with E-state index in [9.17, 15) is 13.2 Å². The first-order valence-electron chi connectivity index (χ1n) is 7.32. The summed E-state index contributed by atoms with van der Waals surface area (Å²) in [6.07, 6.45) is 0. The molecule has 1 aliphatic rings. The molecule has 0 aliphatic carbocycles. The zero-order valence-electron chi connectivity index (χ0n) is 12.9. The average molecular weight is 403 g/mol. The number of nitrogens with one attached hydrogen (secondary N) is 2. The molecule has 1 aliphatic heterocycles. The summed E-state index contributed by atoms with van der Waals surface area (Å²) >= 11 is 7.19. The lowest BCUT2D eigenvalue weighted by Gasteiger charge is -2.25. The van der Waals surface area contributed by atoms with Crippen LogP contribution in [0.15, 0.2) is 34.5 Å². The summed E-state index contributed by atoms with van der Waals surface area (Å²) in [6.45, 7) is 2.62. The van der Waals surface area contributed by atoms with Gasteiger partial charge < -0.3 is 9.64 Å². The Morgan fingerprint density at radius 2 is 2.00 bits per heavy atom. The number of nitrogens with zero attached hydrogens (tertiary/aromatic N) is 2. The summed E-state index contributed by atoms with van der Waals surface area (Å²) in [6, 6.07) is 5.95. The molecule has 1 aromatic heterocycles. The summed E-state index contributed by atoms with van der Waals surface area (Å²) in [4.78, 5) is 20.3. The predicted molar refractivity (Wildman–Crippen MR) is 94.4 cm³/mol. The van der Waals surface area contributed by atoms with Crippen LogP contribution >= 0.6 is 22.9 Å². The molecule has 25 heavy (non-hydrogen) atoms. The van der Waals surface area contributed by atoms with Crippen LogP contribution in [0.3, 0.4) is 0 Å². The van der Waals surface area contributed by atoms with Gasteiger partial charge >= 0.3 is 0 Å². The maximum atomic E-state index is 12.2. The number of ether oxygens (including phenoxy) is 1. The lowest BCUT2D eigenvalue weighted by molar-refractivity contribution is 0.0940.